The third-order valence-electron chi connectivity index (χ3n) is 5.19. The number of benzene rings is 1. The third kappa shape index (κ3) is 3.69. The van der Waals surface area contributed by atoms with Gasteiger partial charge in [0.05, 0.1) is 11.4 Å². The summed E-state index contributed by atoms with van der Waals surface area (Å²) in [5.74, 6) is 0.680. The molecule has 1 aromatic heterocycles. The van der Waals surface area contributed by atoms with Crippen LogP contribution < -0.4 is 15.4 Å². The van der Waals surface area contributed by atoms with Crippen LogP contribution in [0.1, 0.15) is 43.9 Å². The summed E-state index contributed by atoms with van der Waals surface area (Å²) in [6.07, 6.45) is 4.91. The second-order valence-electron chi connectivity index (χ2n) is 7.21. The van der Waals surface area contributed by atoms with E-state index in [0.717, 1.165) is 41.8 Å². The van der Waals surface area contributed by atoms with E-state index in [1.54, 1.807) is 6.92 Å². The second-order valence-corrected chi connectivity index (χ2v) is 8.41. The van der Waals surface area contributed by atoms with Gasteiger partial charge in [-0.3, -0.25) is 9.59 Å². The molecule has 6 nitrogen and oxygen atoms in total. The molecule has 1 aromatic carbocycles. The van der Waals surface area contributed by atoms with E-state index in [2.05, 4.69) is 15.6 Å². The maximum absolute atomic E-state index is 12.5. The van der Waals surface area contributed by atoms with E-state index in [0.29, 0.717) is 16.6 Å². The summed E-state index contributed by atoms with van der Waals surface area (Å²) >= 11 is 1.48. The number of fused-ring (bicyclic) bond motifs is 1. The Labute approximate surface area is 162 Å². The Hall–Kier alpha value is -2.41. The summed E-state index contributed by atoms with van der Waals surface area (Å²) < 4.78 is 5.60. The number of rotatable bonds is 3. The summed E-state index contributed by atoms with van der Waals surface area (Å²) in [7, 11) is 0. The highest BCUT2D eigenvalue weighted by Gasteiger charge is 2.25. The van der Waals surface area contributed by atoms with Crippen molar-refractivity contribution in [3.8, 4) is 17.0 Å². The Morgan fingerprint density at radius 3 is 2.85 bits per heavy atom. The zero-order chi connectivity index (χ0) is 19.0. The Morgan fingerprint density at radius 2 is 2.07 bits per heavy atom. The fraction of sp³-hybridized carbons (Fsp3) is 0.450. The average Bonchev–Trinajstić information content (AvgIpc) is 3.03. The van der Waals surface area contributed by atoms with Crippen molar-refractivity contribution >= 4 is 34.0 Å². The van der Waals surface area contributed by atoms with Crippen LogP contribution in [0.3, 0.4) is 0 Å². The topological polar surface area (TPSA) is 80.3 Å². The van der Waals surface area contributed by atoms with Crippen LogP contribution in [0.5, 0.6) is 5.75 Å². The van der Waals surface area contributed by atoms with Crippen molar-refractivity contribution in [3.05, 3.63) is 23.1 Å². The lowest BCUT2D eigenvalue weighted by molar-refractivity contribution is -0.123. The van der Waals surface area contributed by atoms with Gasteiger partial charge in [0.2, 0.25) is 5.91 Å². The number of hydrogen-bond acceptors (Lipinski definition) is 5. The highest BCUT2D eigenvalue weighted by molar-refractivity contribution is 7.16. The first-order chi connectivity index (χ1) is 13.0. The molecule has 1 saturated carbocycles. The van der Waals surface area contributed by atoms with E-state index in [4.69, 9.17) is 4.74 Å². The SMILES string of the molecule is Cc1sc(NC(=O)C2CCCCC2)nc1-c1ccc2c(c1)NC(=O)[C@H](C)O2. The van der Waals surface area contributed by atoms with Gasteiger partial charge in [0.15, 0.2) is 11.2 Å². The van der Waals surface area contributed by atoms with E-state index in [1.165, 1.54) is 17.8 Å². The molecule has 142 valence electrons. The quantitative estimate of drug-likeness (QED) is 0.823. The molecule has 2 N–H and O–H groups in total. The first-order valence-corrected chi connectivity index (χ1v) is 10.2. The summed E-state index contributed by atoms with van der Waals surface area (Å²) in [4.78, 5) is 30.0. The number of ether oxygens (including phenoxy) is 1. The lowest BCUT2D eigenvalue weighted by Crippen LogP contribution is -2.34. The van der Waals surface area contributed by atoms with Gasteiger partial charge in [-0.05, 0) is 44.9 Å². The number of carbonyl (C=O) groups excluding carboxylic acids is 2. The maximum atomic E-state index is 12.5. The van der Waals surface area contributed by atoms with Crippen molar-refractivity contribution in [2.24, 2.45) is 5.92 Å². The molecule has 1 aliphatic heterocycles. The minimum Gasteiger partial charge on any atom is -0.479 e. The lowest BCUT2D eigenvalue weighted by Gasteiger charge is -2.23. The molecule has 0 radical (unpaired) electrons. The Morgan fingerprint density at radius 1 is 1.30 bits per heavy atom. The molecule has 1 aliphatic carbocycles. The molecule has 2 amide bonds. The van der Waals surface area contributed by atoms with Crippen molar-refractivity contribution in [2.45, 2.75) is 52.1 Å². The van der Waals surface area contributed by atoms with Crippen molar-refractivity contribution in [3.63, 3.8) is 0 Å². The van der Waals surface area contributed by atoms with Gasteiger partial charge in [0, 0.05) is 16.4 Å². The molecular weight excluding hydrogens is 362 g/mol. The largest absolute Gasteiger partial charge is 0.479 e. The molecule has 0 saturated heterocycles. The van der Waals surface area contributed by atoms with Gasteiger partial charge in [-0.15, -0.1) is 11.3 Å². The number of nitrogens with zero attached hydrogens (tertiary/aromatic N) is 1. The van der Waals surface area contributed by atoms with Crippen molar-refractivity contribution < 1.29 is 14.3 Å². The van der Waals surface area contributed by atoms with Crippen LogP contribution in [0, 0.1) is 12.8 Å². The Kier molecular flexibility index (Phi) is 4.86. The number of aryl methyl sites for hydroxylation is 1. The van der Waals surface area contributed by atoms with E-state index in [-0.39, 0.29) is 17.7 Å². The van der Waals surface area contributed by atoms with Gasteiger partial charge in [-0.1, -0.05) is 19.3 Å². The molecular formula is C20H23N3O3S. The number of anilines is 2. The highest BCUT2D eigenvalue weighted by Crippen LogP contribution is 2.37. The van der Waals surface area contributed by atoms with E-state index < -0.39 is 6.10 Å². The smallest absolute Gasteiger partial charge is 0.265 e. The minimum atomic E-state index is -0.494. The van der Waals surface area contributed by atoms with Crippen LogP contribution in [0.4, 0.5) is 10.8 Å². The number of aromatic nitrogens is 1. The molecule has 27 heavy (non-hydrogen) atoms. The lowest BCUT2D eigenvalue weighted by atomic mass is 9.89. The normalized spacial score (nSPS) is 19.8. The Bertz CT molecular complexity index is 887. The van der Waals surface area contributed by atoms with Gasteiger partial charge in [-0.25, -0.2) is 4.98 Å². The highest BCUT2D eigenvalue weighted by atomic mass is 32.1. The van der Waals surface area contributed by atoms with Gasteiger partial charge in [-0.2, -0.15) is 0 Å². The van der Waals surface area contributed by atoms with Crippen LogP contribution in [-0.4, -0.2) is 22.9 Å². The number of hydrogen-bond donors (Lipinski definition) is 2. The number of nitrogens with one attached hydrogen (secondary N) is 2. The summed E-state index contributed by atoms with van der Waals surface area (Å²) in [6, 6.07) is 5.64. The zero-order valence-electron chi connectivity index (χ0n) is 15.5. The fourth-order valence-electron chi connectivity index (χ4n) is 3.65. The van der Waals surface area contributed by atoms with Crippen LogP contribution in [0.2, 0.25) is 0 Å². The van der Waals surface area contributed by atoms with E-state index >= 15 is 0 Å². The van der Waals surface area contributed by atoms with Crippen LogP contribution in [0.15, 0.2) is 18.2 Å². The fourth-order valence-corrected chi connectivity index (χ4v) is 4.48. The van der Waals surface area contributed by atoms with E-state index in [9.17, 15) is 9.59 Å². The number of amides is 2. The molecule has 1 atom stereocenters. The van der Waals surface area contributed by atoms with Crippen molar-refractivity contribution in [1.29, 1.82) is 0 Å². The minimum absolute atomic E-state index is 0.0788. The van der Waals surface area contributed by atoms with Crippen molar-refractivity contribution in [2.75, 3.05) is 10.6 Å². The molecule has 1 fully saturated rings. The van der Waals surface area contributed by atoms with Crippen LogP contribution in [0.25, 0.3) is 11.3 Å². The van der Waals surface area contributed by atoms with Gasteiger partial charge < -0.3 is 15.4 Å². The summed E-state index contributed by atoms with van der Waals surface area (Å²) in [5.41, 5.74) is 2.35. The molecule has 0 spiro atoms. The molecule has 0 bridgehead atoms. The van der Waals surface area contributed by atoms with Gasteiger partial charge in [0.1, 0.15) is 5.75 Å². The molecule has 2 aliphatic rings. The van der Waals surface area contributed by atoms with Gasteiger partial charge in [0.25, 0.3) is 5.91 Å². The predicted molar refractivity (Wildman–Crippen MR) is 106 cm³/mol. The van der Waals surface area contributed by atoms with Crippen LogP contribution >= 0.6 is 11.3 Å². The molecule has 0 unspecified atom stereocenters. The molecule has 7 heteroatoms. The monoisotopic (exact) mass is 385 g/mol. The summed E-state index contributed by atoms with van der Waals surface area (Å²) in [6.45, 7) is 3.71. The number of carbonyl (C=O) groups is 2. The molecule has 2 heterocycles. The number of thiazole rings is 1. The van der Waals surface area contributed by atoms with E-state index in [1.807, 2.05) is 25.1 Å². The van der Waals surface area contributed by atoms with Gasteiger partial charge >= 0.3 is 0 Å². The Balaban J connectivity index is 1.54. The second kappa shape index (κ2) is 7.31. The zero-order valence-corrected chi connectivity index (χ0v) is 16.3. The average molecular weight is 385 g/mol. The standard InChI is InChI=1S/C20H23N3O3S/c1-11-18(24)21-15-10-14(8-9-16(15)26-11)17-12(2)27-20(22-17)23-19(25)13-6-4-3-5-7-13/h8-11,13H,3-7H2,1-2H3,(H,21,24)(H,22,23,25)/t11-/m0/s1. The van der Waals surface area contributed by atoms with Crippen molar-refractivity contribution in [1.82, 2.24) is 4.98 Å². The first-order valence-electron chi connectivity index (χ1n) is 9.41. The molecule has 2 aromatic rings. The van der Waals surface area contributed by atoms with Crippen LogP contribution in [-0.2, 0) is 9.59 Å². The summed E-state index contributed by atoms with van der Waals surface area (Å²) in [5, 5.41) is 6.48. The third-order valence-corrected chi connectivity index (χ3v) is 6.07. The first kappa shape index (κ1) is 18.0. The predicted octanol–water partition coefficient (Wildman–Crippen LogP) is 4.36. The maximum Gasteiger partial charge on any atom is 0.265 e. The molecule has 4 rings (SSSR count).